The number of aromatic nitrogens is 1. The third kappa shape index (κ3) is 3.65. The van der Waals surface area contributed by atoms with Gasteiger partial charge < -0.3 is 10.2 Å². The van der Waals surface area contributed by atoms with Crippen LogP contribution in [0.3, 0.4) is 0 Å². The highest BCUT2D eigenvalue weighted by atomic mass is 32.1. The van der Waals surface area contributed by atoms with Gasteiger partial charge in [-0.25, -0.2) is 9.37 Å². The van der Waals surface area contributed by atoms with E-state index >= 15 is 0 Å². The molecule has 22 heavy (non-hydrogen) atoms. The fourth-order valence-corrected chi connectivity index (χ4v) is 3.63. The molecule has 0 aliphatic carbocycles. The minimum Gasteiger partial charge on any atom is -0.359 e. The van der Waals surface area contributed by atoms with Crippen LogP contribution in [0, 0.1) is 5.82 Å². The van der Waals surface area contributed by atoms with E-state index < -0.39 is 0 Å². The maximum absolute atomic E-state index is 13.0. The highest BCUT2D eigenvalue weighted by Gasteiger charge is 2.21. The number of nitrogens with zero attached hydrogens (tertiary/aromatic N) is 2. The number of likely N-dealkylation sites (tertiary alicyclic amines) is 1. The Morgan fingerprint density at radius 1 is 1.23 bits per heavy atom. The van der Waals surface area contributed by atoms with Crippen molar-refractivity contribution in [3.05, 3.63) is 35.5 Å². The molecule has 0 bridgehead atoms. The number of piperidine rings is 1. The molecule has 1 aromatic carbocycles. The maximum Gasteiger partial charge on any atom is 0.183 e. The topological polar surface area (TPSA) is 28.2 Å². The molecule has 0 unspecified atom stereocenters. The lowest BCUT2D eigenvalue weighted by atomic mass is 10.0. The Morgan fingerprint density at radius 3 is 2.55 bits per heavy atom. The van der Waals surface area contributed by atoms with E-state index in [4.69, 9.17) is 0 Å². The summed E-state index contributed by atoms with van der Waals surface area (Å²) in [5, 5.41) is 6.54. The van der Waals surface area contributed by atoms with E-state index in [-0.39, 0.29) is 5.82 Å². The van der Waals surface area contributed by atoms with Gasteiger partial charge in [0.15, 0.2) is 5.13 Å². The van der Waals surface area contributed by atoms with Crippen LogP contribution in [0.2, 0.25) is 0 Å². The number of halogens is 1. The Bertz CT molecular complexity index is 601. The SMILES string of the molecule is CC(C)N1CCC(Nc2nc(-c3ccc(F)cc3)cs2)CC1. The van der Waals surface area contributed by atoms with Gasteiger partial charge in [-0.2, -0.15) is 0 Å². The molecule has 2 aromatic rings. The summed E-state index contributed by atoms with van der Waals surface area (Å²) in [5.41, 5.74) is 1.87. The van der Waals surface area contributed by atoms with Gasteiger partial charge in [-0.05, 0) is 51.0 Å². The number of nitrogens with one attached hydrogen (secondary N) is 1. The molecule has 118 valence electrons. The van der Waals surface area contributed by atoms with Crippen molar-refractivity contribution < 1.29 is 4.39 Å². The molecule has 3 rings (SSSR count). The first kappa shape index (κ1) is 15.4. The number of hydrogen-bond acceptors (Lipinski definition) is 4. The minimum atomic E-state index is -0.214. The lowest BCUT2D eigenvalue weighted by molar-refractivity contribution is 0.177. The zero-order valence-corrected chi connectivity index (χ0v) is 13.9. The van der Waals surface area contributed by atoms with E-state index in [1.54, 1.807) is 23.5 Å². The lowest BCUT2D eigenvalue weighted by Crippen LogP contribution is -2.42. The molecule has 1 fully saturated rings. The van der Waals surface area contributed by atoms with Crippen LogP contribution in [-0.4, -0.2) is 35.1 Å². The Balaban J connectivity index is 1.59. The summed E-state index contributed by atoms with van der Waals surface area (Å²) in [6.45, 7) is 6.80. The van der Waals surface area contributed by atoms with Crippen molar-refractivity contribution in [2.24, 2.45) is 0 Å². The van der Waals surface area contributed by atoms with Crippen molar-refractivity contribution in [2.45, 2.75) is 38.8 Å². The second-order valence-corrected chi connectivity index (χ2v) is 6.95. The molecule has 1 aliphatic heterocycles. The Kier molecular flexibility index (Phi) is 4.74. The highest BCUT2D eigenvalue weighted by Crippen LogP contribution is 2.27. The van der Waals surface area contributed by atoms with Crippen LogP contribution in [-0.2, 0) is 0 Å². The Hall–Kier alpha value is -1.46. The fraction of sp³-hybridized carbons (Fsp3) is 0.471. The van der Waals surface area contributed by atoms with E-state index in [0.29, 0.717) is 12.1 Å². The quantitative estimate of drug-likeness (QED) is 0.914. The van der Waals surface area contributed by atoms with Gasteiger partial charge in [0.25, 0.3) is 0 Å². The van der Waals surface area contributed by atoms with Gasteiger partial charge in [0, 0.05) is 36.1 Å². The number of thiazole rings is 1. The first-order valence-electron chi connectivity index (χ1n) is 7.84. The highest BCUT2D eigenvalue weighted by molar-refractivity contribution is 7.14. The monoisotopic (exact) mass is 319 g/mol. The fourth-order valence-electron chi connectivity index (χ4n) is 2.83. The molecule has 5 heteroatoms. The predicted molar refractivity (Wildman–Crippen MR) is 90.9 cm³/mol. The standard InChI is InChI=1S/C17H22FN3S/c1-12(2)21-9-7-15(8-10-21)19-17-20-16(11-22-17)13-3-5-14(18)6-4-13/h3-6,11-12,15H,7-10H2,1-2H3,(H,19,20). The summed E-state index contributed by atoms with van der Waals surface area (Å²) >= 11 is 1.62. The molecule has 2 heterocycles. The average Bonchev–Trinajstić information content (AvgIpc) is 2.97. The maximum atomic E-state index is 13.0. The van der Waals surface area contributed by atoms with Crippen molar-refractivity contribution in [3.63, 3.8) is 0 Å². The van der Waals surface area contributed by atoms with Crippen LogP contribution in [0.25, 0.3) is 11.3 Å². The molecule has 1 N–H and O–H groups in total. The van der Waals surface area contributed by atoms with Crippen LogP contribution in [0.15, 0.2) is 29.6 Å². The third-order valence-electron chi connectivity index (χ3n) is 4.23. The average molecular weight is 319 g/mol. The third-order valence-corrected chi connectivity index (χ3v) is 5.01. The molecule has 0 spiro atoms. The lowest BCUT2D eigenvalue weighted by Gasteiger charge is -2.34. The van der Waals surface area contributed by atoms with Crippen LogP contribution in [0.4, 0.5) is 9.52 Å². The first-order valence-corrected chi connectivity index (χ1v) is 8.72. The largest absolute Gasteiger partial charge is 0.359 e. The summed E-state index contributed by atoms with van der Waals surface area (Å²) in [7, 11) is 0. The summed E-state index contributed by atoms with van der Waals surface area (Å²) < 4.78 is 13.0. The molecule has 0 amide bonds. The molecule has 1 saturated heterocycles. The number of rotatable bonds is 4. The van der Waals surface area contributed by atoms with Gasteiger partial charge in [-0.1, -0.05) is 0 Å². The van der Waals surface area contributed by atoms with Crippen molar-refractivity contribution >= 4 is 16.5 Å². The molecule has 0 radical (unpaired) electrons. The second kappa shape index (κ2) is 6.75. The van der Waals surface area contributed by atoms with Crippen molar-refractivity contribution in [3.8, 4) is 11.3 Å². The van der Waals surface area contributed by atoms with E-state index in [0.717, 1.165) is 42.3 Å². The van der Waals surface area contributed by atoms with Gasteiger partial charge in [0.2, 0.25) is 0 Å². The number of benzene rings is 1. The van der Waals surface area contributed by atoms with E-state index in [9.17, 15) is 4.39 Å². The number of hydrogen-bond donors (Lipinski definition) is 1. The summed E-state index contributed by atoms with van der Waals surface area (Å²) in [6, 6.07) is 7.63. The van der Waals surface area contributed by atoms with Gasteiger partial charge in [-0.3, -0.25) is 0 Å². The summed E-state index contributed by atoms with van der Waals surface area (Å²) in [5.74, 6) is -0.214. The van der Waals surface area contributed by atoms with Crippen LogP contribution in [0.1, 0.15) is 26.7 Å². The summed E-state index contributed by atoms with van der Waals surface area (Å²) in [4.78, 5) is 7.15. The van der Waals surface area contributed by atoms with E-state index in [1.807, 2.05) is 5.38 Å². The van der Waals surface area contributed by atoms with Crippen LogP contribution < -0.4 is 5.32 Å². The van der Waals surface area contributed by atoms with Crippen molar-refractivity contribution in [1.29, 1.82) is 0 Å². The van der Waals surface area contributed by atoms with E-state index in [2.05, 4.69) is 29.0 Å². The summed E-state index contributed by atoms with van der Waals surface area (Å²) in [6.07, 6.45) is 2.31. The molecule has 3 nitrogen and oxygen atoms in total. The molecule has 1 aliphatic rings. The zero-order chi connectivity index (χ0) is 15.5. The Labute approximate surface area is 135 Å². The minimum absolute atomic E-state index is 0.214. The molecule has 0 saturated carbocycles. The molecular weight excluding hydrogens is 297 g/mol. The van der Waals surface area contributed by atoms with Crippen LogP contribution in [0.5, 0.6) is 0 Å². The van der Waals surface area contributed by atoms with Gasteiger partial charge in [-0.15, -0.1) is 11.3 Å². The molecule has 0 atom stereocenters. The van der Waals surface area contributed by atoms with Crippen molar-refractivity contribution in [1.82, 2.24) is 9.88 Å². The smallest absolute Gasteiger partial charge is 0.183 e. The Morgan fingerprint density at radius 2 is 1.91 bits per heavy atom. The predicted octanol–water partition coefficient (Wildman–Crippen LogP) is 4.23. The van der Waals surface area contributed by atoms with Crippen molar-refractivity contribution in [2.75, 3.05) is 18.4 Å². The zero-order valence-electron chi connectivity index (χ0n) is 13.1. The molecule has 1 aromatic heterocycles. The molecular formula is C17H22FN3S. The number of anilines is 1. The second-order valence-electron chi connectivity index (χ2n) is 6.09. The van der Waals surface area contributed by atoms with Gasteiger partial charge in [0.05, 0.1) is 5.69 Å². The van der Waals surface area contributed by atoms with Crippen LogP contribution >= 0.6 is 11.3 Å². The van der Waals surface area contributed by atoms with E-state index in [1.165, 1.54) is 12.1 Å². The van der Waals surface area contributed by atoms with Gasteiger partial charge in [0.1, 0.15) is 5.82 Å². The normalized spacial score (nSPS) is 17.1. The first-order chi connectivity index (χ1) is 10.6. The van der Waals surface area contributed by atoms with Gasteiger partial charge >= 0.3 is 0 Å².